The van der Waals surface area contributed by atoms with Crippen molar-refractivity contribution >= 4 is 28.8 Å². The molecule has 3 aromatic rings. The van der Waals surface area contributed by atoms with Crippen LogP contribution < -0.4 is 15.5 Å². The van der Waals surface area contributed by atoms with E-state index < -0.39 is 11.8 Å². The number of anilines is 1. The highest BCUT2D eigenvalue weighted by atomic mass is 32.1. The Morgan fingerprint density at radius 1 is 0.935 bits per heavy atom. The van der Waals surface area contributed by atoms with Crippen LogP contribution in [0.5, 0.6) is 0 Å². The molecule has 0 fully saturated rings. The fourth-order valence-electron chi connectivity index (χ4n) is 4.02. The summed E-state index contributed by atoms with van der Waals surface area (Å²) in [5, 5.41) is 7.63. The first-order valence-electron chi connectivity index (χ1n) is 10.7. The second-order valence-corrected chi connectivity index (χ2v) is 8.64. The number of carbonyl (C=O) groups is 2. The smallest absolute Gasteiger partial charge is 0.309 e. The Morgan fingerprint density at radius 2 is 1.71 bits per heavy atom. The number of hydrogen-bond acceptors (Lipinski definition) is 4. The van der Waals surface area contributed by atoms with Gasteiger partial charge in [-0.05, 0) is 47.9 Å². The lowest BCUT2D eigenvalue weighted by Gasteiger charge is -2.30. The number of fused-ring (bicyclic) bond motifs is 1. The van der Waals surface area contributed by atoms with Crippen LogP contribution in [0.2, 0.25) is 0 Å². The van der Waals surface area contributed by atoms with E-state index in [0.717, 1.165) is 25.8 Å². The van der Waals surface area contributed by atoms with Gasteiger partial charge in [0.05, 0.1) is 6.04 Å². The molecule has 1 aliphatic heterocycles. The minimum Gasteiger partial charge on any atom is -0.361 e. The van der Waals surface area contributed by atoms with E-state index in [9.17, 15) is 9.59 Å². The van der Waals surface area contributed by atoms with Crippen molar-refractivity contribution in [3.8, 4) is 0 Å². The van der Waals surface area contributed by atoms with Gasteiger partial charge < -0.3 is 15.5 Å². The van der Waals surface area contributed by atoms with Crippen molar-refractivity contribution in [3.63, 3.8) is 0 Å². The van der Waals surface area contributed by atoms with E-state index in [1.165, 1.54) is 21.7 Å². The molecule has 0 aliphatic carbocycles. The number of carbonyl (C=O) groups excluding carboxylic acids is 2. The highest BCUT2D eigenvalue weighted by molar-refractivity contribution is 7.10. The van der Waals surface area contributed by atoms with Crippen LogP contribution in [0.15, 0.2) is 72.1 Å². The third-order valence-corrected chi connectivity index (χ3v) is 6.58. The number of benzene rings is 2. The first-order chi connectivity index (χ1) is 15.2. The fourth-order valence-corrected chi connectivity index (χ4v) is 4.86. The Labute approximate surface area is 187 Å². The number of amides is 2. The second-order valence-electron chi connectivity index (χ2n) is 7.66. The molecule has 0 radical (unpaired) electrons. The summed E-state index contributed by atoms with van der Waals surface area (Å²) in [6.07, 6.45) is 2.66. The van der Waals surface area contributed by atoms with E-state index in [2.05, 4.69) is 51.9 Å². The average molecular weight is 434 g/mol. The van der Waals surface area contributed by atoms with Crippen LogP contribution >= 0.6 is 11.3 Å². The summed E-state index contributed by atoms with van der Waals surface area (Å²) in [7, 11) is 0. The maximum absolute atomic E-state index is 12.4. The van der Waals surface area contributed by atoms with E-state index in [0.29, 0.717) is 13.1 Å². The third-order valence-electron chi connectivity index (χ3n) is 5.60. The molecule has 1 aromatic heterocycles. The SMILES string of the molecule is O=C(NCCCc1ccccc1)C(=O)NC[C@H](c1cccs1)N1CCc2ccccc21. The molecule has 6 heteroatoms. The van der Waals surface area contributed by atoms with Gasteiger partial charge >= 0.3 is 11.8 Å². The van der Waals surface area contributed by atoms with Crippen LogP contribution in [-0.2, 0) is 22.4 Å². The normalized spacial score (nSPS) is 13.5. The number of aryl methyl sites for hydroxylation is 1. The summed E-state index contributed by atoms with van der Waals surface area (Å²) in [5.41, 5.74) is 3.76. The number of hydrogen-bond donors (Lipinski definition) is 2. The third kappa shape index (κ3) is 5.33. The lowest BCUT2D eigenvalue weighted by molar-refractivity contribution is -0.139. The summed E-state index contributed by atoms with van der Waals surface area (Å²) >= 11 is 1.67. The summed E-state index contributed by atoms with van der Waals surface area (Å²) < 4.78 is 0. The van der Waals surface area contributed by atoms with Crippen molar-refractivity contribution in [1.29, 1.82) is 0 Å². The monoisotopic (exact) mass is 433 g/mol. The fraction of sp³-hybridized carbons (Fsp3) is 0.280. The molecule has 160 valence electrons. The first-order valence-corrected chi connectivity index (χ1v) is 11.6. The van der Waals surface area contributed by atoms with Gasteiger partial charge in [-0.15, -0.1) is 11.3 Å². The van der Waals surface area contributed by atoms with Crippen molar-refractivity contribution in [1.82, 2.24) is 10.6 Å². The van der Waals surface area contributed by atoms with E-state index in [1.807, 2.05) is 35.7 Å². The summed E-state index contributed by atoms with van der Waals surface area (Å²) in [6, 6.07) is 22.6. The Bertz CT molecular complexity index is 1000. The molecule has 2 heterocycles. The van der Waals surface area contributed by atoms with E-state index in [-0.39, 0.29) is 6.04 Å². The zero-order valence-electron chi connectivity index (χ0n) is 17.4. The number of nitrogens with zero attached hydrogens (tertiary/aromatic N) is 1. The molecule has 4 rings (SSSR count). The number of rotatable bonds is 8. The van der Waals surface area contributed by atoms with E-state index in [1.54, 1.807) is 11.3 Å². The van der Waals surface area contributed by atoms with Crippen LogP contribution in [0, 0.1) is 0 Å². The molecule has 0 unspecified atom stereocenters. The molecule has 1 atom stereocenters. The van der Waals surface area contributed by atoms with Crippen molar-refractivity contribution in [2.75, 3.05) is 24.5 Å². The molecule has 2 aromatic carbocycles. The van der Waals surface area contributed by atoms with Crippen LogP contribution in [0.4, 0.5) is 5.69 Å². The van der Waals surface area contributed by atoms with Crippen LogP contribution in [0.25, 0.3) is 0 Å². The Hall–Kier alpha value is -3.12. The van der Waals surface area contributed by atoms with Crippen LogP contribution in [-0.4, -0.2) is 31.4 Å². The first kappa shape index (κ1) is 21.1. The molecular formula is C25H27N3O2S. The molecule has 31 heavy (non-hydrogen) atoms. The predicted molar refractivity (Wildman–Crippen MR) is 125 cm³/mol. The number of para-hydroxylation sites is 1. The molecule has 2 N–H and O–H groups in total. The van der Waals surface area contributed by atoms with Crippen molar-refractivity contribution in [3.05, 3.63) is 88.1 Å². The van der Waals surface area contributed by atoms with E-state index in [4.69, 9.17) is 0 Å². The zero-order chi connectivity index (χ0) is 21.5. The molecule has 5 nitrogen and oxygen atoms in total. The van der Waals surface area contributed by atoms with Gasteiger partial charge in [0, 0.05) is 30.2 Å². The minimum atomic E-state index is -0.575. The number of nitrogens with one attached hydrogen (secondary N) is 2. The van der Waals surface area contributed by atoms with Crippen LogP contribution in [0.1, 0.15) is 28.5 Å². The summed E-state index contributed by atoms with van der Waals surface area (Å²) in [5.74, 6) is -1.14. The molecule has 1 aliphatic rings. The molecule has 0 saturated carbocycles. The molecule has 0 saturated heterocycles. The van der Waals surface area contributed by atoms with Gasteiger partial charge in [-0.1, -0.05) is 54.6 Å². The van der Waals surface area contributed by atoms with Gasteiger partial charge in [0.25, 0.3) is 0 Å². The van der Waals surface area contributed by atoms with Crippen molar-refractivity contribution in [2.45, 2.75) is 25.3 Å². The van der Waals surface area contributed by atoms with Gasteiger partial charge in [0.15, 0.2) is 0 Å². The summed E-state index contributed by atoms with van der Waals surface area (Å²) in [6.45, 7) is 1.78. The largest absolute Gasteiger partial charge is 0.361 e. The van der Waals surface area contributed by atoms with Gasteiger partial charge in [-0.2, -0.15) is 0 Å². The van der Waals surface area contributed by atoms with Gasteiger partial charge in [-0.25, -0.2) is 0 Å². The minimum absolute atomic E-state index is 0.0125. The highest BCUT2D eigenvalue weighted by Gasteiger charge is 2.28. The molecule has 0 spiro atoms. The van der Waals surface area contributed by atoms with E-state index >= 15 is 0 Å². The standard InChI is InChI=1S/C25H27N3O2S/c29-24(26-15-6-10-19-8-2-1-3-9-19)25(30)27-18-22(23-13-7-17-31-23)28-16-14-20-11-4-5-12-21(20)28/h1-5,7-9,11-13,17,22H,6,10,14-16,18H2,(H,26,29)(H,27,30)/t22-/m1/s1. The number of thiophene rings is 1. The maximum atomic E-state index is 12.4. The second kappa shape index (κ2) is 10.3. The summed E-state index contributed by atoms with van der Waals surface area (Å²) in [4.78, 5) is 28.2. The quantitative estimate of drug-likeness (QED) is 0.420. The lowest BCUT2D eigenvalue weighted by atomic mass is 10.1. The van der Waals surface area contributed by atoms with Gasteiger partial charge in [-0.3, -0.25) is 9.59 Å². The van der Waals surface area contributed by atoms with Gasteiger partial charge in [0.1, 0.15) is 0 Å². The van der Waals surface area contributed by atoms with Crippen LogP contribution in [0.3, 0.4) is 0 Å². The average Bonchev–Trinajstić information content (AvgIpc) is 3.48. The Morgan fingerprint density at radius 3 is 2.52 bits per heavy atom. The Balaban J connectivity index is 1.30. The zero-order valence-corrected chi connectivity index (χ0v) is 18.2. The Kier molecular flexibility index (Phi) is 6.99. The molecular weight excluding hydrogens is 406 g/mol. The molecule has 2 amide bonds. The highest BCUT2D eigenvalue weighted by Crippen LogP contribution is 2.36. The lowest BCUT2D eigenvalue weighted by Crippen LogP contribution is -2.44. The maximum Gasteiger partial charge on any atom is 0.309 e. The van der Waals surface area contributed by atoms with Crippen molar-refractivity contribution < 1.29 is 9.59 Å². The molecule has 0 bridgehead atoms. The van der Waals surface area contributed by atoms with Crippen molar-refractivity contribution in [2.24, 2.45) is 0 Å². The predicted octanol–water partition coefficient (Wildman–Crippen LogP) is 3.72. The topological polar surface area (TPSA) is 61.4 Å². The van der Waals surface area contributed by atoms with Gasteiger partial charge in [0.2, 0.25) is 0 Å².